The predicted molar refractivity (Wildman–Crippen MR) is 56.7 cm³/mol. The summed E-state index contributed by atoms with van der Waals surface area (Å²) < 4.78 is 4.84. The normalized spacial score (nSPS) is 11.6. The van der Waals surface area contributed by atoms with E-state index in [1.807, 2.05) is 30.3 Å². The zero-order valence-electron chi connectivity index (χ0n) is 8.63. The average Bonchev–Trinajstić information content (AvgIpc) is 2.34. The number of alkyl carbamates (subject to hydrolysis) is 1. The van der Waals surface area contributed by atoms with Crippen molar-refractivity contribution in [2.75, 3.05) is 6.61 Å². The molecule has 16 heavy (non-hydrogen) atoms. The molecule has 0 aliphatic heterocycles. The standard InChI is InChI=1S/C11H13NO4/c13-6-10(7-14)12-11(15)16-8-9-4-2-1-3-5-9/h1-6,10,14H,7-8H2,(H,12,15). The smallest absolute Gasteiger partial charge is 0.408 e. The Balaban J connectivity index is 2.33. The number of carbonyl (C=O) groups is 2. The minimum Gasteiger partial charge on any atom is -0.445 e. The van der Waals surface area contributed by atoms with Gasteiger partial charge in [-0.1, -0.05) is 30.3 Å². The first kappa shape index (κ1) is 12.2. The number of aliphatic hydroxyl groups excluding tert-OH is 1. The van der Waals surface area contributed by atoms with Crippen molar-refractivity contribution in [3.8, 4) is 0 Å². The lowest BCUT2D eigenvalue weighted by molar-refractivity contribution is -0.110. The number of hydrogen-bond donors (Lipinski definition) is 2. The minimum absolute atomic E-state index is 0.129. The molecule has 86 valence electrons. The first-order valence-corrected chi connectivity index (χ1v) is 4.79. The van der Waals surface area contributed by atoms with Gasteiger partial charge in [-0.3, -0.25) is 0 Å². The van der Waals surface area contributed by atoms with Crippen molar-refractivity contribution >= 4 is 12.4 Å². The molecule has 1 unspecified atom stereocenters. The summed E-state index contributed by atoms with van der Waals surface area (Å²) in [5.74, 6) is 0. The van der Waals surface area contributed by atoms with E-state index in [0.717, 1.165) is 5.56 Å². The Labute approximate surface area is 93.0 Å². The van der Waals surface area contributed by atoms with Crippen LogP contribution in [0.3, 0.4) is 0 Å². The topological polar surface area (TPSA) is 75.6 Å². The molecule has 1 atom stereocenters. The van der Waals surface area contributed by atoms with Crippen LogP contribution in [0.4, 0.5) is 4.79 Å². The fourth-order valence-electron chi connectivity index (χ4n) is 1.04. The number of nitrogens with one attached hydrogen (secondary N) is 1. The van der Waals surface area contributed by atoms with Crippen LogP contribution in [-0.2, 0) is 16.1 Å². The quantitative estimate of drug-likeness (QED) is 0.711. The van der Waals surface area contributed by atoms with Crippen LogP contribution in [0.25, 0.3) is 0 Å². The largest absolute Gasteiger partial charge is 0.445 e. The molecular formula is C11H13NO4. The maximum Gasteiger partial charge on any atom is 0.408 e. The zero-order chi connectivity index (χ0) is 11.8. The number of aldehydes is 1. The van der Waals surface area contributed by atoms with Crippen molar-refractivity contribution in [3.63, 3.8) is 0 Å². The molecule has 0 aliphatic carbocycles. The minimum atomic E-state index is -0.914. The Kier molecular flexibility index (Phi) is 5.01. The van der Waals surface area contributed by atoms with Crippen molar-refractivity contribution in [2.24, 2.45) is 0 Å². The van der Waals surface area contributed by atoms with Crippen LogP contribution in [0, 0.1) is 0 Å². The van der Waals surface area contributed by atoms with Crippen LogP contribution in [0.1, 0.15) is 5.56 Å². The lowest BCUT2D eigenvalue weighted by atomic mass is 10.2. The van der Waals surface area contributed by atoms with Crippen LogP contribution >= 0.6 is 0 Å². The molecule has 0 aliphatic rings. The summed E-state index contributed by atoms with van der Waals surface area (Å²) in [5, 5.41) is 10.9. The van der Waals surface area contributed by atoms with Crippen molar-refractivity contribution in [3.05, 3.63) is 35.9 Å². The molecule has 0 bridgehead atoms. The van der Waals surface area contributed by atoms with Gasteiger partial charge in [0, 0.05) is 0 Å². The van der Waals surface area contributed by atoms with E-state index in [2.05, 4.69) is 5.32 Å². The third kappa shape index (κ3) is 4.10. The Morgan fingerprint density at radius 1 is 1.44 bits per heavy atom. The highest BCUT2D eigenvalue weighted by atomic mass is 16.5. The van der Waals surface area contributed by atoms with Crippen LogP contribution in [-0.4, -0.2) is 30.1 Å². The van der Waals surface area contributed by atoms with Crippen LogP contribution in [0.15, 0.2) is 30.3 Å². The monoisotopic (exact) mass is 223 g/mol. The first-order chi connectivity index (χ1) is 7.76. The number of carbonyl (C=O) groups excluding carboxylic acids is 2. The van der Waals surface area contributed by atoms with E-state index in [-0.39, 0.29) is 6.61 Å². The summed E-state index contributed by atoms with van der Waals surface area (Å²) in [7, 11) is 0. The van der Waals surface area contributed by atoms with Gasteiger partial charge in [-0.05, 0) is 5.56 Å². The van der Waals surface area contributed by atoms with Crippen molar-refractivity contribution in [1.82, 2.24) is 5.32 Å². The highest BCUT2D eigenvalue weighted by Gasteiger charge is 2.10. The summed E-state index contributed by atoms with van der Waals surface area (Å²) in [4.78, 5) is 21.5. The molecule has 1 rings (SSSR count). The Morgan fingerprint density at radius 3 is 2.69 bits per heavy atom. The van der Waals surface area contributed by atoms with Crippen LogP contribution in [0.5, 0.6) is 0 Å². The van der Waals surface area contributed by atoms with E-state index < -0.39 is 18.7 Å². The molecule has 0 saturated heterocycles. The lowest BCUT2D eigenvalue weighted by Crippen LogP contribution is -2.38. The van der Waals surface area contributed by atoms with Gasteiger partial charge >= 0.3 is 6.09 Å². The molecule has 0 radical (unpaired) electrons. The average molecular weight is 223 g/mol. The van der Waals surface area contributed by atoms with Gasteiger partial charge in [-0.25, -0.2) is 4.79 Å². The fraction of sp³-hybridized carbons (Fsp3) is 0.273. The number of rotatable bonds is 5. The van der Waals surface area contributed by atoms with Crippen LogP contribution in [0.2, 0.25) is 0 Å². The third-order valence-electron chi connectivity index (χ3n) is 1.88. The van der Waals surface area contributed by atoms with E-state index in [9.17, 15) is 9.59 Å². The number of benzene rings is 1. The summed E-state index contributed by atoms with van der Waals surface area (Å²) in [6, 6.07) is 8.24. The Morgan fingerprint density at radius 2 is 2.12 bits per heavy atom. The van der Waals surface area contributed by atoms with Gasteiger partial charge in [0.25, 0.3) is 0 Å². The summed E-state index contributed by atoms with van der Waals surface area (Å²) >= 11 is 0. The molecule has 5 heteroatoms. The van der Waals surface area contributed by atoms with Gasteiger partial charge < -0.3 is 20.0 Å². The molecule has 0 saturated carbocycles. The molecule has 0 heterocycles. The molecule has 0 aromatic heterocycles. The summed E-state index contributed by atoms with van der Waals surface area (Å²) in [5.41, 5.74) is 0.851. The maximum absolute atomic E-state index is 11.1. The lowest BCUT2D eigenvalue weighted by Gasteiger charge is -2.10. The summed E-state index contributed by atoms with van der Waals surface area (Å²) in [6.45, 7) is -0.312. The van der Waals surface area contributed by atoms with Crippen molar-refractivity contribution < 1.29 is 19.4 Å². The second kappa shape index (κ2) is 6.58. The second-order valence-electron chi connectivity index (χ2n) is 3.13. The third-order valence-corrected chi connectivity index (χ3v) is 1.88. The molecule has 2 N–H and O–H groups in total. The van der Waals surface area contributed by atoms with Gasteiger partial charge in [0.1, 0.15) is 18.9 Å². The second-order valence-corrected chi connectivity index (χ2v) is 3.13. The summed E-state index contributed by atoms with van der Waals surface area (Å²) in [6.07, 6.45) is -0.279. The van der Waals surface area contributed by atoms with Gasteiger partial charge in [-0.2, -0.15) is 0 Å². The highest BCUT2D eigenvalue weighted by molar-refractivity contribution is 5.73. The molecule has 0 spiro atoms. The number of ether oxygens (including phenoxy) is 1. The van der Waals surface area contributed by atoms with E-state index >= 15 is 0 Å². The SMILES string of the molecule is O=CC(CO)NC(=O)OCc1ccccc1. The van der Waals surface area contributed by atoms with Crippen molar-refractivity contribution in [1.29, 1.82) is 0 Å². The van der Waals surface area contributed by atoms with Gasteiger partial charge in [0.2, 0.25) is 0 Å². The number of aliphatic hydroxyl groups is 1. The Hall–Kier alpha value is -1.88. The van der Waals surface area contributed by atoms with Crippen molar-refractivity contribution in [2.45, 2.75) is 12.6 Å². The molecular weight excluding hydrogens is 210 g/mol. The predicted octanol–water partition coefficient (Wildman–Crippen LogP) is 0.473. The van der Waals surface area contributed by atoms with Gasteiger partial charge in [0.05, 0.1) is 6.61 Å². The van der Waals surface area contributed by atoms with E-state index in [1.54, 1.807) is 0 Å². The van der Waals surface area contributed by atoms with Gasteiger partial charge in [-0.15, -0.1) is 0 Å². The number of amides is 1. The maximum atomic E-state index is 11.1. The molecule has 1 aromatic carbocycles. The highest BCUT2D eigenvalue weighted by Crippen LogP contribution is 2.00. The van der Waals surface area contributed by atoms with E-state index in [4.69, 9.17) is 9.84 Å². The zero-order valence-corrected chi connectivity index (χ0v) is 8.63. The molecule has 1 amide bonds. The van der Waals surface area contributed by atoms with E-state index in [0.29, 0.717) is 6.29 Å². The van der Waals surface area contributed by atoms with Crippen LogP contribution < -0.4 is 5.32 Å². The first-order valence-electron chi connectivity index (χ1n) is 4.79. The molecule has 5 nitrogen and oxygen atoms in total. The number of hydrogen-bond acceptors (Lipinski definition) is 4. The Bertz CT molecular complexity index is 339. The van der Waals surface area contributed by atoms with E-state index in [1.165, 1.54) is 0 Å². The fourth-order valence-corrected chi connectivity index (χ4v) is 1.04. The van der Waals surface area contributed by atoms with Gasteiger partial charge in [0.15, 0.2) is 0 Å². The molecule has 0 fully saturated rings. The molecule has 1 aromatic rings.